The first-order chi connectivity index (χ1) is 9.65. The van der Waals surface area contributed by atoms with Crippen LogP contribution in [0.3, 0.4) is 0 Å². The van der Waals surface area contributed by atoms with Gasteiger partial charge in [0.25, 0.3) is 0 Å². The van der Waals surface area contributed by atoms with E-state index in [2.05, 4.69) is 41.8 Å². The molecule has 1 heterocycles. The van der Waals surface area contributed by atoms with Gasteiger partial charge in [-0.3, -0.25) is 0 Å². The van der Waals surface area contributed by atoms with Crippen LogP contribution in [-0.2, 0) is 4.74 Å². The molecule has 0 bridgehead atoms. The Balaban J connectivity index is 2.17. The zero-order valence-corrected chi connectivity index (χ0v) is 13.4. The Morgan fingerprint density at radius 2 is 2.20 bits per heavy atom. The number of nitrogens with one attached hydrogen (secondary N) is 1. The molecule has 3 unspecified atom stereocenters. The van der Waals surface area contributed by atoms with Crippen molar-refractivity contribution in [2.75, 3.05) is 19.0 Å². The van der Waals surface area contributed by atoms with Gasteiger partial charge in [0, 0.05) is 25.4 Å². The van der Waals surface area contributed by atoms with Crippen molar-refractivity contribution in [2.24, 2.45) is 5.92 Å². The summed E-state index contributed by atoms with van der Waals surface area (Å²) in [5, 5.41) is 3.50. The molecule has 1 saturated carbocycles. The molecule has 0 aromatic carbocycles. The van der Waals surface area contributed by atoms with E-state index in [1.54, 1.807) is 7.11 Å². The van der Waals surface area contributed by atoms with Gasteiger partial charge in [-0.2, -0.15) is 0 Å². The highest BCUT2D eigenvalue weighted by Gasteiger charge is 2.27. The SMILES string of the molecule is CCC1CCCCC1n1cc(C)nc1NC(C)COC. The van der Waals surface area contributed by atoms with Gasteiger partial charge in [0.05, 0.1) is 12.3 Å². The minimum absolute atomic E-state index is 0.282. The maximum Gasteiger partial charge on any atom is 0.203 e. The average molecular weight is 279 g/mol. The fourth-order valence-electron chi connectivity index (χ4n) is 3.42. The first-order valence-electron chi connectivity index (χ1n) is 7.96. The lowest BCUT2D eigenvalue weighted by atomic mass is 9.83. The standard InChI is InChI=1S/C16H29N3O/c1-5-14-8-6-7-9-15(14)19-10-12(2)17-16(19)18-13(3)11-20-4/h10,13-15H,5-9,11H2,1-4H3,(H,17,18). The number of hydrogen-bond acceptors (Lipinski definition) is 3. The highest BCUT2D eigenvalue weighted by Crippen LogP contribution is 2.37. The minimum Gasteiger partial charge on any atom is -0.383 e. The van der Waals surface area contributed by atoms with Gasteiger partial charge in [-0.25, -0.2) is 4.98 Å². The summed E-state index contributed by atoms with van der Waals surface area (Å²) in [4.78, 5) is 4.67. The van der Waals surface area contributed by atoms with Crippen LogP contribution in [0.1, 0.15) is 57.7 Å². The number of ether oxygens (including phenoxy) is 1. The molecule has 4 heteroatoms. The summed E-state index contributed by atoms with van der Waals surface area (Å²) in [6.07, 6.45) is 8.82. The first kappa shape index (κ1) is 15.4. The molecular weight excluding hydrogens is 250 g/mol. The molecule has 3 atom stereocenters. The predicted octanol–water partition coefficient (Wildman–Crippen LogP) is 3.78. The van der Waals surface area contributed by atoms with Crippen molar-refractivity contribution in [1.82, 2.24) is 9.55 Å². The first-order valence-corrected chi connectivity index (χ1v) is 7.96. The molecule has 1 aliphatic carbocycles. The highest BCUT2D eigenvalue weighted by atomic mass is 16.5. The predicted molar refractivity (Wildman–Crippen MR) is 83.2 cm³/mol. The molecule has 0 amide bonds. The molecular formula is C16H29N3O. The molecule has 1 N–H and O–H groups in total. The maximum atomic E-state index is 5.21. The van der Waals surface area contributed by atoms with E-state index in [-0.39, 0.29) is 6.04 Å². The van der Waals surface area contributed by atoms with Crippen LogP contribution in [0, 0.1) is 12.8 Å². The second kappa shape index (κ2) is 7.11. The molecule has 4 nitrogen and oxygen atoms in total. The van der Waals surface area contributed by atoms with Crippen LogP contribution in [0.15, 0.2) is 6.20 Å². The Bertz CT molecular complexity index is 416. The lowest BCUT2D eigenvalue weighted by Crippen LogP contribution is -2.27. The van der Waals surface area contributed by atoms with E-state index in [0.717, 1.165) is 17.6 Å². The smallest absolute Gasteiger partial charge is 0.203 e. The molecule has 0 radical (unpaired) electrons. The van der Waals surface area contributed by atoms with Crippen molar-refractivity contribution in [3.05, 3.63) is 11.9 Å². The highest BCUT2D eigenvalue weighted by molar-refractivity contribution is 5.31. The Labute approximate surface area is 122 Å². The molecule has 1 aromatic heterocycles. The summed E-state index contributed by atoms with van der Waals surface area (Å²) in [5.74, 6) is 1.80. The number of aryl methyl sites for hydroxylation is 1. The van der Waals surface area contributed by atoms with E-state index in [0.29, 0.717) is 12.6 Å². The van der Waals surface area contributed by atoms with Crippen molar-refractivity contribution < 1.29 is 4.74 Å². The van der Waals surface area contributed by atoms with Gasteiger partial charge >= 0.3 is 0 Å². The van der Waals surface area contributed by atoms with Gasteiger partial charge in [-0.05, 0) is 32.6 Å². The summed E-state index contributed by atoms with van der Waals surface area (Å²) >= 11 is 0. The molecule has 0 aliphatic heterocycles. The van der Waals surface area contributed by atoms with E-state index in [1.165, 1.54) is 32.1 Å². The van der Waals surface area contributed by atoms with Crippen LogP contribution in [-0.4, -0.2) is 29.3 Å². The number of anilines is 1. The quantitative estimate of drug-likeness (QED) is 0.861. The lowest BCUT2D eigenvalue weighted by molar-refractivity contribution is 0.189. The molecule has 20 heavy (non-hydrogen) atoms. The fourth-order valence-corrected chi connectivity index (χ4v) is 3.42. The van der Waals surface area contributed by atoms with Crippen molar-refractivity contribution >= 4 is 5.95 Å². The number of hydrogen-bond donors (Lipinski definition) is 1. The Hall–Kier alpha value is -1.03. The van der Waals surface area contributed by atoms with Gasteiger partial charge in [-0.15, -0.1) is 0 Å². The normalized spacial score (nSPS) is 24.6. The average Bonchev–Trinajstić information content (AvgIpc) is 2.79. The van der Waals surface area contributed by atoms with Crippen LogP contribution in [0.25, 0.3) is 0 Å². The van der Waals surface area contributed by atoms with Gasteiger partial charge < -0.3 is 14.6 Å². The summed E-state index contributed by atoms with van der Waals surface area (Å²) in [6, 6.07) is 0.886. The Morgan fingerprint density at radius 1 is 1.45 bits per heavy atom. The van der Waals surface area contributed by atoms with Gasteiger partial charge in [0.15, 0.2) is 0 Å². The summed E-state index contributed by atoms with van der Waals surface area (Å²) in [5.41, 5.74) is 1.09. The number of imidazole rings is 1. The van der Waals surface area contributed by atoms with Crippen LogP contribution < -0.4 is 5.32 Å². The third-order valence-corrected chi connectivity index (χ3v) is 4.40. The van der Waals surface area contributed by atoms with Crippen molar-refractivity contribution in [2.45, 2.75) is 65.0 Å². The summed E-state index contributed by atoms with van der Waals surface area (Å²) in [7, 11) is 1.74. The van der Waals surface area contributed by atoms with Crippen LogP contribution in [0.2, 0.25) is 0 Å². The number of methoxy groups -OCH3 is 1. The lowest BCUT2D eigenvalue weighted by Gasteiger charge is -2.33. The molecule has 0 saturated heterocycles. The minimum atomic E-state index is 0.282. The Morgan fingerprint density at radius 3 is 2.90 bits per heavy atom. The third-order valence-electron chi connectivity index (χ3n) is 4.40. The van der Waals surface area contributed by atoms with Crippen molar-refractivity contribution in [3.8, 4) is 0 Å². The monoisotopic (exact) mass is 279 g/mol. The van der Waals surface area contributed by atoms with Crippen molar-refractivity contribution in [1.29, 1.82) is 0 Å². The maximum absolute atomic E-state index is 5.21. The molecule has 1 aliphatic rings. The number of nitrogens with zero attached hydrogens (tertiary/aromatic N) is 2. The van der Waals surface area contributed by atoms with Gasteiger partial charge in [0.1, 0.15) is 0 Å². The number of aromatic nitrogens is 2. The summed E-state index contributed by atoms with van der Waals surface area (Å²) < 4.78 is 7.59. The second-order valence-electron chi connectivity index (χ2n) is 6.13. The van der Waals surface area contributed by atoms with Crippen molar-refractivity contribution in [3.63, 3.8) is 0 Å². The van der Waals surface area contributed by atoms with E-state index < -0.39 is 0 Å². The molecule has 114 valence electrons. The van der Waals surface area contributed by atoms with Crippen LogP contribution in [0.4, 0.5) is 5.95 Å². The third kappa shape index (κ3) is 3.54. The molecule has 0 spiro atoms. The zero-order valence-electron chi connectivity index (χ0n) is 13.4. The number of rotatable bonds is 6. The van der Waals surface area contributed by atoms with Gasteiger partial charge in [-0.1, -0.05) is 26.2 Å². The summed E-state index contributed by atoms with van der Waals surface area (Å²) in [6.45, 7) is 7.23. The molecule has 1 fully saturated rings. The second-order valence-corrected chi connectivity index (χ2v) is 6.13. The van der Waals surface area contributed by atoms with E-state index in [4.69, 9.17) is 4.74 Å². The van der Waals surface area contributed by atoms with E-state index >= 15 is 0 Å². The Kier molecular flexibility index (Phi) is 5.46. The van der Waals surface area contributed by atoms with Crippen LogP contribution in [0.5, 0.6) is 0 Å². The van der Waals surface area contributed by atoms with Gasteiger partial charge in [0.2, 0.25) is 5.95 Å². The largest absolute Gasteiger partial charge is 0.383 e. The topological polar surface area (TPSA) is 39.1 Å². The molecule has 2 rings (SSSR count). The van der Waals surface area contributed by atoms with E-state index in [1.807, 2.05) is 0 Å². The fraction of sp³-hybridized carbons (Fsp3) is 0.812. The van der Waals surface area contributed by atoms with Crippen LogP contribution >= 0.6 is 0 Å². The zero-order chi connectivity index (χ0) is 14.5. The molecule has 1 aromatic rings. The van der Waals surface area contributed by atoms with E-state index in [9.17, 15) is 0 Å².